The van der Waals surface area contributed by atoms with E-state index in [1.165, 1.54) is 12.0 Å². The monoisotopic (exact) mass is 235 g/mol. The molecule has 0 saturated carbocycles. The topological polar surface area (TPSA) is 21.3 Å². The average molecular weight is 235 g/mol. The first-order valence-corrected chi connectivity index (χ1v) is 6.37. The van der Waals surface area contributed by atoms with E-state index in [9.17, 15) is 0 Å². The van der Waals surface area contributed by atoms with Gasteiger partial charge >= 0.3 is 0 Å². The van der Waals surface area contributed by atoms with Crippen LogP contribution in [0.3, 0.4) is 0 Å². The predicted molar refractivity (Wildman–Crippen MR) is 73.6 cm³/mol. The van der Waals surface area contributed by atoms with E-state index in [-0.39, 0.29) is 0 Å². The Morgan fingerprint density at radius 2 is 1.71 bits per heavy atom. The zero-order valence-electron chi connectivity index (χ0n) is 11.5. The van der Waals surface area contributed by atoms with Crippen LogP contribution in [0.5, 0.6) is 5.75 Å². The first-order valence-electron chi connectivity index (χ1n) is 6.37. The van der Waals surface area contributed by atoms with Gasteiger partial charge in [0.2, 0.25) is 0 Å². The third-order valence-electron chi connectivity index (χ3n) is 2.62. The van der Waals surface area contributed by atoms with Gasteiger partial charge in [0, 0.05) is 6.54 Å². The molecule has 0 unspecified atom stereocenters. The van der Waals surface area contributed by atoms with E-state index in [0.717, 1.165) is 25.4 Å². The molecule has 0 aliphatic heterocycles. The summed E-state index contributed by atoms with van der Waals surface area (Å²) in [7, 11) is 0. The molecule has 2 heteroatoms. The van der Waals surface area contributed by atoms with Gasteiger partial charge in [-0.1, -0.05) is 38.5 Å². The van der Waals surface area contributed by atoms with Crippen LogP contribution in [-0.4, -0.2) is 19.7 Å². The van der Waals surface area contributed by atoms with Crippen molar-refractivity contribution >= 4 is 0 Å². The lowest BCUT2D eigenvalue weighted by Crippen LogP contribution is -2.25. The molecule has 0 atom stereocenters. The predicted octanol–water partition coefficient (Wildman–Crippen LogP) is 3.40. The Labute approximate surface area is 105 Å². The van der Waals surface area contributed by atoms with Gasteiger partial charge in [0.05, 0.1) is 0 Å². The number of hydrogen-bond acceptors (Lipinski definition) is 2. The number of hydrogen-bond donors (Lipinski definition) is 1. The minimum Gasteiger partial charge on any atom is -0.492 e. The SMILES string of the molecule is Cc1ccc(OCCNCCC(C)(C)C)cc1. The number of benzene rings is 1. The Kier molecular flexibility index (Phi) is 5.49. The van der Waals surface area contributed by atoms with Gasteiger partial charge in [-0.25, -0.2) is 0 Å². The van der Waals surface area contributed by atoms with Crippen LogP contribution in [0.4, 0.5) is 0 Å². The lowest BCUT2D eigenvalue weighted by Gasteiger charge is -2.18. The highest BCUT2D eigenvalue weighted by molar-refractivity contribution is 5.26. The maximum atomic E-state index is 5.63. The smallest absolute Gasteiger partial charge is 0.119 e. The van der Waals surface area contributed by atoms with Gasteiger partial charge in [-0.15, -0.1) is 0 Å². The minimum atomic E-state index is 0.408. The highest BCUT2D eigenvalue weighted by atomic mass is 16.5. The quantitative estimate of drug-likeness (QED) is 0.763. The van der Waals surface area contributed by atoms with Crippen molar-refractivity contribution in [1.29, 1.82) is 0 Å². The van der Waals surface area contributed by atoms with Crippen molar-refractivity contribution in [3.8, 4) is 5.75 Å². The second-order valence-electron chi connectivity index (χ2n) is 5.72. The van der Waals surface area contributed by atoms with Crippen LogP contribution in [0.1, 0.15) is 32.8 Å². The van der Waals surface area contributed by atoms with Gasteiger partial charge in [-0.3, -0.25) is 0 Å². The van der Waals surface area contributed by atoms with E-state index in [1.807, 2.05) is 12.1 Å². The van der Waals surface area contributed by atoms with E-state index in [1.54, 1.807) is 0 Å². The Morgan fingerprint density at radius 1 is 1.06 bits per heavy atom. The largest absolute Gasteiger partial charge is 0.492 e. The minimum absolute atomic E-state index is 0.408. The zero-order chi connectivity index (χ0) is 12.7. The van der Waals surface area contributed by atoms with Crippen molar-refractivity contribution in [2.75, 3.05) is 19.7 Å². The molecule has 0 bridgehead atoms. The van der Waals surface area contributed by atoms with E-state index >= 15 is 0 Å². The van der Waals surface area contributed by atoms with Crippen molar-refractivity contribution in [1.82, 2.24) is 5.32 Å². The molecule has 96 valence electrons. The lowest BCUT2D eigenvalue weighted by atomic mass is 9.92. The summed E-state index contributed by atoms with van der Waals surface area (Å²) in [4.78, 5) is 0. The Morgan fingerprint density at radius 3 is 2.29 bits per heavy atom. The van der Waals surface area contributed by atoms with Gasteiger partial charge in [0.15, 0.2) is 0 Å². The first-order chi connectivity index (χ1) is 7.97. The molecule has 2 nitrogen and oxygen atoms in total. The van der Waals surface area contributed by atoms with Crippen LogP contribution in [0, 0.1) is 12.3 Å². The molecule has 1 N–H and O–H groups in total. The molecule has 1 aromatic carbocycles. The summed E-state index contributed by atoms with van der Waals surface area (Å²) in [6, 6.07) is 8.18. The fourth-order valence-corrected chi connectivity index (χ4v) is 1.46. The fourth-order valence-electron chi connectivity index (χ4n) is 1.46. The first kappa shape index (κ1) is 14.0. The number of nitrogens with one attached hydrogen (secondary N) is 1. The summed E-state index contributed by atoms with van der Waals surface area (Å²) in [6.45, 7) is 11.6. The third-order valence-corrected chi connectivity index (χ3v) is 2.62. The molecular formula is C15H25NO. The van der Waals surface area contributed by atoms with Crippen molar-refractivity contribution < 1.29 is 4.74 Å². The third kappa shape index (κ3) is 7.01. The van der Waals surface area contributed by atoms with Gasteiger partial charge in [-0.2, -0.15) is 0 Å². The zero-order valence-corrected chi connectivity index (χ0v) is 11.5. The normalized spacial score (nSPS) is 11.5. The number of ether oxygens (including phenoxy) is 1. The Bertz CT molecular complexity index is 311. The van der Waals surface area contributed by atoms with E-state index < -0.39 is 0 Å². The molecule has 0 heterocycles. The fraction of sp³-hybridized carbons (Fsp3) is 0.600. The Hall–Kier alpha value is -1.02. The van der Waals surface area contributed by atoms with Crippen LogP contribution >= 0.6 is 0 Å². The molecular weight excluding hydrogens is 210 g/mol. The van der Waals surface area contributed by atoms with E-state index in [0.29, 0.717) is 5.41 Å². The summed E-state index contributed by atoms with van der Waals surface area (Å²) < 4.78 is 5.63. The van der Waals surface area contributed by atoms with Crippen molar-refractivity contribution in [2.24, 2.45) is 5.41 Å². The van der Waals surface area contributed by atoms with Gasteiger partial charge < -0.3 is 10.1 Å². The maximum Gasteiger partial charge on any atom is 0.119 e. The highest BCUT2D eigenvalue weighted by Gasteiger charge is 2.08. The molecule has 0 saturated heterocycles. The van der Waals surface area contributed by atoms with Gasteiger partial charge in [0.25, 0.3) is 0 Å². The van der Waals surface area contributed by atoms with Crippen molar-refractivity contribution in [2.45, 2.75) is 34.1 Å². The molecule has 0 spiro atoms. The van der Waals surface area contributed by atoms with E-state index in [2.05, 4.69) is 45.1 Å². The summed E-state index contributed by atoms with van der Waals surface area (Å²) in [5, 5.41) is 3.40. The molecule has 0 aliphatic rings. The van der Waals surface area contributed by atoms with Gasteiger partial charge in [-0.05, 0) is 37.4 Å². The summed E-state index contributed by atoms with van der Waals surface area (Å²) >= 11 is 0. The van der Waals surface area contributed by atoms with Crippen molar-refractivity contribution in [3.05, 3.63) is 29.8 Å². The maximum absolute atomic E-state index is 5.63. The second-order valence-corrected chi connectivity index (χ2v) is 5.72. The average Bonchev–Trinajstić information content (AvgIpc) is 2.24. The molecule has 17 heavy (non-hydrogen) atoms. The van der Waals surface area contributed by atoms with Crippen LogP contribution in [0.2, 0.25) is 0 Å². The molecule has 0 amide bonds. The number of aryl methyl sites for hydroxylation is 1. The number of rotatable bonds is 6. The molecule has 0 aromatic heterocycles. The standard InChI is InChI=1S/C15H25NO/c1-13-5-7-14(8-6-13)17-12-11-16-10-9-15(2,3)4/h5-8,16H,9-12H2,1-4H3. The van der Waals surface area contributed by atoms with Crippen molar-refractivity contribution in [3.63, 3.8) is 0 Å². The summed E-state index contributed by atoms with van der Waals surface area (Å²) in [6.07, 6.45) is 1.19. The van der Waals surface area contributed by atoms with Crippen LogP contribution < -0.4 is 10.1 Å². The van der Waals surface area contributed by atoms with Gasteiger partial charge in [0.1, 0.15) is 12.4 Å². The van der Waals surface area contributed by atoms with E-state index in [4.69, 9.17) is 4.74 Å². The molecule has 0 aliphatic carbocycles. The lowest BCUT2D eigenvalue weighted by molar-refractivity contribution is 0.304. The molecule has 0 fully saturated rings. The molecule has 0 radical (unpaired) electrons. The molecule has 1 aromatic rings. The van der Waals surface area contributed by atoms with Crippen LogP contribution in [-0.2, 0) is 0 Å². The van der Waals surface area contributed by atoms with Crippen LogP contribution in [0.15, 0.2) is 24.3 Å². The highest BCUT2D eigenvalue weighted by Crippen LogP contribution is 2.16. The molecule has 1 rings (SSSR count). The Balaban J connectivity index is 2.07. The second kappa shape index (κ2) is 6.65. The van der Waals surface area contributed by atoms with Crippen LogP contribution in [0.25, 0.3) is 0 Å². The summed E-state index contributed by atoms with van der Waals surface area (Å²) in [5.74, 6) is 0.952. The summed E-state index contributed by atoms with van der Waals surface area (Å²) in [5.41, 5.74) is 1.67.